The summed E-state index contributed by atoms with van der Waals surface area (Å²) in [7, 11) is 0. The number of thiophene rings is 1. The van der Waals surface area contributed by atoms with Gasteiger partial charge in [0, 0.05) is 15.7 Å². The third-order valence-electron chi connectivity index (χ3n) is 6.04. The second kappa shape index (κ2) is 7.31. The zero-order valence-electron chi connectivity index (χ0n) is 17.3. The SMILES string of the molecule is Cc1ccc(C2=CCC(C)(C)c3ccc(C(C)c4ccc(C(=O)O)cc4)cc32)s1. The minimum atomic E-state index is -0.888. The van der Waals surface area contributed by atoms with Crippen LogP contribution in [-0.2, 0) is 5.41 Å². The van der Waals surface area contributed by atoms with E-state index in [0.29, 0.717) is 5.56 Å². The van der Waals surface area contributed by atoms with E-state index in [9.17, 15) is 4.79 Å². The van der Waals surface area contributed by atoms with Crippen molar-refractivity contribution in [1.82, 2.24) is 0 Å². The van der Waals surface area contributed by atoms with Crippen molar-refractivity contribution in [1.29, 1.82) is 0 Å². The molecule has 0 aliphatic heterocycles. The Morgan fingerprint density at radius 2 is 1.72 bits per heavy atom. The number of carbonyl (C=O) groups is 1. The number of aryl methyl sites for hydroxylation is 1. The summed E-state index contributed by atoms with van der Waals surface area (Å²) in [5.74, 6) is -0.694. The number of rotatable bonds is 4. The zero-order valence-corrected chi connectivity index (χ0v) is 18.1. The van der Waals surface area contributed by atoms with E-state index < -0.39 is 5.97 Å². The summed E-state index contributed by atoms with van der Waals surface area (Å²) in [5, 5.41) is 9.15. The molecule has 148 valence electrons. The normalized spacial score (nSPS) is 16.1. The van der Waals surface area contributed by atoms with Gasteiger partial charge in [-0.25, -0.2) is 4.79 Å². The molecule has 0 amide bonds. The Kier molecular flexibility index (Phi) is 4.95. The Hall–Kier alpha value is -2.65. The van der Waals surface area contributed by atoms with Crippen LogP contribution in [0.4, 0.5) is 0 Å². The van der Waals surface area contributed by atoms with Gasteiger partial charge in [0.2, 0.25) is 0 Å². The van der Waals surface area contributed by atoms with Crippen LogP contribution in [0.15, 0.2) is 60.7 Å². The molecule has 3 aromatic rings. The lowest BCUT2D eigenvalue weighted by atomic mass is 9.72. The lowest BCUT2D eigenvalue weighted by Gasteiger charge is -2.33. The first-order valence-electron chi connectivity index (χ1n) is 10.0. The predicted molar refractivity (Wildman–Crippen MR) is 121 cm³/mol. The number of aromatic carboxylic acids is 1. The lowest BCUT2D eigenvalue weighted by Crippen LogP contribution is -2.22. The van der Waals surface area contributed by atoms with Crippen molar-refractivity contribution in [2.75, 3.05) is 0 Å². The lowest BCUT2D eigenvalue weighted by molar-refractivity contribution is 0.0697. The van der Waals surface area contributed by atoms with Crippen molar-refractivity contribution in [3.05, 3.63) is 98.2 Å². The summed E-state index contributed by atoms with van der Waals surface area (Å²) >= 11 is 1.85. The van der Waals surface area contributed by atoms with Gasteiger partial charge in [0.15, 0.2) is 0 Å². The summed E-state index contributed by atoms with van der Waals surface area (Å²) in [6, 6.07) is 18.5. The number of carboxylic acid groups (broad SMARTS) is 1. The maximum Gasteiger partial charge on any atom is 0.335 e. The van der Waals surface area contributed by atoms with Crippen molar-refractivity contribution in [2.45, 2.75) is 45.4 Å². The molecule has 2 aromatic carbocycles. The van der Waals surface area contributed by atoms with Gasteiger partial charge in [-0.3, -0.25) is 0 Å². The molecule has 1 aliphatic rings. The third-order valence-corrected chi connectivity index (χ3v) is 7.08. The molecule has 1 atom stereocenters. The fraction of sp³-hybridized carbons (Fsp3) is 0.269. The number of benzene rings is 2. The molecule has 4 rings (SSSR count). The van der Waals surface area contributed by atoms with Crippen LogP contribution < -0.4 is 0 Å². The van der Waals surface area contributed by atoms with E-state index in [-0.39, 0.29) is 11.3 Å². The van der Waals surface area contributed by atoms with E-state index >= 15 is 0 Å². The number of hydrogen-bond donors (Lipinski definition) is 1. The van der Waals surface area contributed by atoms with Crippen LogP contribution >= 0.6 is 11.3 Å². The van der Waals surface area contributed by atoms with Gasteiger partial charge in [-0.2, -0.15) is 0 Å². The number of carboxylic acids is 1. The van der Waals surface area contributed by atoms with Gasteiger partial charge < -0.3 is 5.11 Å². The van der Waals surface area contributed by atoms with E-state index in [1.807, 2.05) is 23.5 Å². The van der Waals surface area contributed by atoms with Crippen LogP contribution in [0.25, 0.3) is 5.57 Å². The van der Waals surface area contributed by atoms with Crippen molar-refractivity contribution >= 4 is 22.9 Å². The average molecular weight is 403 g/mol. The molecule has 0 spiro atoms. The Morgan fingerprint density at radius 1 is 1.03 bits per heavy atom. The second-order valence-electron chi connectivity index (χ2n) is 8.57. The summed E-state index contributed by atoms with van der Waals surface area (Å²) in [4.78, 5) is 13.8. The molecule has 3 heteroatoms. The molecule has 0 saturated heterocycles. The topological polar surface area (TPSA) is 37.3 Å². The van der Waals surface area contributed by atoms with E-state index in [1.165, 1.54) is 32.0 Å². The van der Waals surface area contributed by atoms with Gasteiger partial charge in [0.05, 0.1) is 5.56 Å². The fourth-order valence-corrected chi connectivity index (χ4v) is 5.06. The number of fused-ring (bicyclic) bond motifs is 1. The highest BCUT2D eigenvalue weighted by Gasteiger charge is 2.29. The fourth-order valence-electron chi connectivity index (χ4n) is 4.14. The van der Waals surface area contributed by atoms with E-state index in [1.54, 1.807) is 12.1 Å². The van der Waals surface area contributed by atoms with E-state index in [2.05, 4.69) is 64.1 Å². The molecule has 1 heterocycles. The molecule has 2 nitrogen and oxygen atoms in total. The molecule has 0 fully saturated rings. The molecule has 0 saturated carbocycles. The monoisotopic (exact) mass is 402 g/mol. The molecule has 1 aliphatic carbocycles. The van der Waals surface area contributed by atoms with Gasteiger partial charge in [-0.15, -0.1) is 11.3 Å². The Morgan fingerprint density at radius 3 is 2.34 bits per heavy atom. The number of hydrogen-bond acceptors (Lipinski definition) is 2. The first-order chi connectivity index (χ1) is 13.8. The van der Waals surface area contributed by atoms with E-state index in [0.717, 1.165) is 12.0 Å². The molecule has 0 bridgehead atoms. The van der Waals surface area contributed by atoms with Crippen molar-refractivity contribution in [3.8, 4) is 0 Å². The van der Waals surface area contributed by atoms with Crippen LogP contribution in [-0.4, -0.2) is 11.1 Å². The zero-order chi connectivity index (χ0) is 20.8. The Balaban J connectivity index is 1.76. The van der Waals surface area contributed by atoms with E-state index in [4.69, 9.17) is 5.11 Å². The molecular weight excluding hydrogens is 376 g/mol. The number of allylic oxidation sites excluding steroid dienone is 1. The smallest absolute Gasteiger partial charge is 0.335 e. The quantitative estimate of drug-likeness (QED) is 0.509. The van der Waals surface area contributed by atoms with Gasteiger partial charge >= 0.3 is 5.97 Å². The summed E-state index contributed by atoms with van der Waals surface area (Å²) in [6.45, 7) is 8.96. The molecule has 29 heavy (non-hydrogen) atoms. The van der Waals surface area contributed by atoms with Crippen molar-refractivity contribution in [2.24, 2.45) is 0 Å². The average Bonchev–Trinajstić information content (AvgIpc) is 3.13. The molecular formula is C26H26O2S. The van der Waals surface area contributed by atoms with Gasteiger partial charge in [0.25, 0.3) is 0 Å². The highest BCUT2D eigenvalue weighted by molar-refractivity contribution is 7.13. The summed E-state index contributed by atoms with van der Waals surface area (Å²) < 4.78 is 0. The molecule has 1 N–H and O–H groups in total. The molecule has 0 radical (unpaired) electrons. The van der Waals surface area contributed by atoms with Crippen LogP contribution in [0.5, 0.6) is 0 Å². The first-order valence-corrected chi connectivity index (χ1v) is 10.8. The standard InChI is InChI=1S/C26H26O2S/c1-16-5-12-24(29-16)21-13-14-26(3,4)23-11-10-20(15-22(21)23)17(2)18-6-8-19(9-7-18)25(27)28/h5-13,15,17H,14H2,1-4H3,(H,27,28). The Bertz CT molecular complexity index is 1100. The molecule has 1 unspecified atom stereocenters. The Labute approximate surface area is 176 Å². The maximum absolute atomic E-state index is 11.1. The van der Waals surface area contributed by atoms with Gasteiger partial charge in [-0.05, 0) is 70.9 Å². The summed E-state index contributed by atoms with van der Waals surface area (Å²) in [5.41, 5.74) is 6.90. The minimum absolute atomic E-state index is 0.121. The molecule has 1 aromatic heterocycles. The third kappa shape index (κ3) is 3.67. The van der Waals surface area contributed by atoms with Gasteiger partial charge in [-0.1, -0.05) is 57.2 Å². The predicted octanol–water partition coefficient (Wildman–Crippen LogP) is 7.02. The van der Waals surface area contributed by atoms with Crippen LogP contribution in [0.1, 0.15) is 75.5 Å². The van der Waals surface area contributed by atoms with Gasteiger partial charge in [0.1, 0.15) is 0 Å². The highest BCUT2D eigenvalue weighted by atomic mass is 32.1. The highest BCUT2D eigenvalue weighted by Crippen LogP contribution is 2.44. The van der Waals surface area contributed by atoms with Crippen molar-refractivity contribution < 1.29 is 9.90 Å². The minimum Gasteiger partial charge on any atom is -0.478 e. The van der Waals surface area contributed by atoms with Crippen molar-refractivity contribution in [3.63, 3.8) is 0 Å². The maximum atomic E-state index is 11.1. The van der Waals surface area contributed by atoms with Crippen LogP contribution in [0.2, 0.25) is 0 Å². The largest absolute Gasteiger partial charge is 0.478 e. The first kappa shape index (κ1) is 19.7. The second-order valence-corrected chi connectivity index (χ2v) is 9.86. The van der Waals surface area contributed by atoms with Crippen LogP contribution in [0, 0.1) is 6.92 Å². The van der Waals surface area contributed by atoms with Crippen LogP contribution in [0.3, 0.4) is 0 Å². The summed E-state index contributed by atoms with van der Waals surface area (Å²) in [6.07, 6.45) is 3.43.